The van der Waals surface area contributed by atoms with Gasteiger partial charge in [-0.1, -0.05) is 6.07 Å². The fourth-order valence-corrected chi connectivity index (χ4v) is 6.20. The number of nitro groups is 1. The minimum absolute atomic E-state index is 0.00867. The fraction of sp³-hybridized carbons (Fsp3) is 0.636. The zero-order chi connectivity index (χ0) is 20.6. The average molecular weight is 399 g/mol. The number of anilines is 1. The Morgan fingerprint density at radius 3 is 2.34 bits per heavy atom. The third kappa shape index (κ3) is 4.00. The summed E-state index contributed by atoms with van der Waals surface area (Å²) in [4.78, 5) is 35.7. The number of benzene rings is 1. The molecule has 2 amide bonds. The first-order chi connectivity index (χ1) is 13.9. The van der Waals surface area contributed by atoms with E-state index < -0.39 is 4.92 Å². The molecule has 7 nitrogen and oxygen atoms in total. The van der Waals surface area contributed by atoms with Crippen LogP contribution in [0.4, 0.5) is 11.4 Å². The minimum Gasteiger partial charge on any atom is -0.356 e. The van der Waals surface area contributed by atoms with Gasteiger partial charge in [0, 0.05) is 24.4 Å². The Bertz CT molecular complexity index is 800. The van der Waals surface area contributed by atoms with Gasteiger partial charge in [0.1, 0.15) is 0 Å². The van der Waals surface area contributed by atoms with Gasteiger partial charge in [0.15, 0.2) is 0 Å². The SMILES string of the molecule is Cc1c(NC(=O)CCCNC(=O)C23CC4CC(CC(C4)C2)C3)cccc1[N+](=O)[O-]. The largest absolute Gasteiger partial charge is 0.356 e. The molecule has 4 aliphatic rings. The molecule has 0 aromatic heterocycles. The van der Waals surface area contributed by atoms with E-state index in [1.165, 1.54) is 25.3 Å². The molecule has 0 aliphatic heterocycles. The van der Waals surface area contributed by atoms with Crippen LogP contribution in [0.5, 0.6) is 0 Å². The Labute approximate surface area is 170 Å². The third-order valence-electron chi connectivity index (χ3n) is 7.16. The summed E-state index contributed by atoms with van der Waals surface area (Å²) in [6.07, 6.45) is 7.87. The van der Waals surface area contributed by atoms with Gasteiger partial charge in [-0.3, -0.25) is 19.7 Å². The van der Waals surface area contributed by atoms with E-state index in [1.807, 2.05) is 0 Å². The third-order valence-corrected chi connectivity index (χ3v) is 7.16. The molecular formula is C22H29N3O4. The Kier molecular flexibility index (Phi) is 5.32. The summed E-state index contributed by atoms with van der Waals surface area (Å²) in [7, 11) is 0. The summed E-state index contributed by atoms with van der Waals surface area (Å²) in [5.41, 5.74) is 0.741. The smallest absolute Gasteiger partial charge is 0.274 e. The molecule has 0 atom stereocenters. The lowest BCUT2D eigenvalue weighted by Crippen LogP contribution is -2.53. The van der Waals surface area contributed by atoms with Crippen molar-refractivity contribution in [1.29, 1.82) is 0 Å². The summed E-state index contributed by atoms with van der Waals surface area (Å²) < 4.78 is 0. The number of nitrogens with one attached hydrogen (secondary N) is 2. The number of carbonyl (C=O) groups excluding carboxylic acids is 2. The summed E-state index contributed by atoms with van der Waals surface area (Å²) in [5.74, 6) is 2.19. The van der Waals surface area contributed by atoms with Crippen LogP contribution in [0.3, 0.4) is 0 Å². The molecule has 4 fully saturated rings. The van der Waals surface area contributed by atoms with E-state index >= 15 is 0 Å². The molecule has 0 unspecified atom stereocenters. The van der Waals surface area contributed by atoms with Gasteiger partial charge in [-0.15, -0.1) is 0 Å². The van der Waals surface area contributed by atoms with Gasteiger partial charge in [0.2, 0.25) is 11.8 Å². The van der Waals surface area contributed by atoms with Crippen LogP contribution in [-0.2, 0) is 9.59 Å². The molecule has 1 aromatic rings. The van der Waals surface area contributed by atoms with E-state index in [1.54, 1.807) is 19.1 Å². The van der Waals surface area contributed by atoms with Crippen LogP contribution >= 0.6 is 0 Å². The van der Waals surface area contributed by atoms with E-state index in [0.717, 1.165) is 37.0 Å². The molecule has 2 N–H and O–H groups in total. The molecule has 7 heteroatoms. The Morgan fingerprint density at radius 2 is 1.76 bits per heavy atom. The number of hydrogen-bond acceptors (Lipinski definition) is 4. The maximum atomic E-state index is 12.9. The van der Waals surface area contributed by atoms with E-state index in [4.69, 9.17) is 0 Å². The summed E-state index contributed by atoms with van der Waals surface area (Å²) in [6.45, 7) is 2.11. The highest BCUT2D eigenvalue weighted by Gasteiger charge is 2.54. The van der Waals surface area contributed by atoms with Crippen molar-refractivity contribution in [3.63, 3.8) is 0 Å². The van der Waals surface area contributed by atoms with Crippen molar-refractivity contribution in [3.05, 3.63) is 33.9 Å². The zero-order valence-corrected chi connectivity index (χ0v) is 16.9. The molecule has 156 valence electrons. The molecule has 29 heavy (non-hydrogen) atoms. The molecule has 0 heterocycles. The second-order valence-corrected chi connectivity index (χ2v) is 9.31. The molecule has 4 saturated carbocycles. The van der Waals surface area contributed by atoms with E-state index in [0.29, 0.717) is 24.2 Å². The standard InChI is InChI=1S/C22H29N3O4/c1-14-18(4-2-5-19(14)25(28)29)24-20(26)6-3-7-23-21(27)22-11-15-8-16(12-22)10-17(9-15)13-22/h2,4-5,15-17H,3,6-13H2,1H3,(H,23,27)(H,24,26). The first-order valence-corrected chi connectivity index (χ1v) is 10.7. The molecule has 4 bridgehead atoms. The van der Waals surface area contributed by atoms with Crippen molar-refractivity contribution in [2.45, 2.75) is 58.3 Å². The zero-order valence-electron chi connectivity index (χ0n) is 16.9. The van der Waals surface area contributed by atoms with Crippen molar-refractivity contribution in [1.82, 2.24) is 5.32 Å². The number of hydrogen-bond donors (Lipinski definition) is 2. The molecule has 5 rings (SSSR count). The lowest BCUT2D eigenvalue weighted by atomic mass is 9.49. The van der Waals surface area contributed by atoms with Crippen molar-refractivity contribution in [2.75, 3.05) is 11.9 Å². The Balaban J connectivity index is 1.24. The van der Waals surface area contributed by atoms with Crippen LogP contribution in [0.1, 0.15) is 56.9 Å². The normalized spacial score (nSPS) is 29.5. The highest BCUT2D eigenvalue weighted by molar-refractivity contribution is 5.92. The van der Waals surface area contributed by atoms with Gasteiger partial charge in [0.25, 0.3) is 5.69 Å². The van der Waals surface area contributed by atoms with Crippen LogP contribution in [0.15, 0.2) is 18.2 Å². The number of nitro benzene ring substituents is 1. The predicted octanol–water partition coefficient (Wildman–Crippen LogP) is 3.95. The van der Waals surface area contributed by atoms with Gasteiger partial charge in [-0.25, -0.2) is 0 Å². The van der Waals surface area contributed by atoms with Crippen LogP contribution < -0.4 is 10.6 Å². The van der Waals surface area contributed by atoms with Crippen molar-refractivity contribution < 1.29 is 14.5 Å². The highest BCUT2D eigenvalue weighted by atomic mass is 16.6. The van der Waals surface area contributed by atoms with E-state index in [-0.39, 0.29) is 29.3 Å². The monoisotopic (exact) mass is 399 g/mol. The van der Waals surface area contributed by atoms with Crippen LogP contribution in [-0.4, -0.2) is 23.3 Å². The van der Waals surface area contributed by atoms with Crippen LogP contribution in [0.2, 0.25) is 0 Å². The minimum atomic E-state index is -0.453. The Morgan fingerprint density at radius 1 is 1.14 bits per heavy atom. The maximum absolute atomic E-state index is 12.9. The van der Waals surface area contributed by atoms with Crippen molar-refractivity contribution >= 4 is 23.2 Å². The topological polar surface area (TPSA) is 101 Å². The fourth-order valence-electron chi connectivity index (χ4n) is 6.20. The molecule has 0 spiro atoms. The highest BCUT2D eigenvalue weighted by Crippen LogP contribution is 2.60. The maximum Gasteiger partial charge on any atom is 0.274 e. The first kappa shape index (κ1) is 19.9. The quantitative estimate of drug-likeness (QED) is 0.412. The number of nitrogens with zero attached hydrogens (tertiary/aromatic N) is 1. The predicted molar refractivity (Wildman–Crippen MR) is 109 cm³/mol. The molecule has 4 aliphatic carbocycles. The van der Waals surface area contributed by atoms with Crippen molar-refractivity contribution in [2.24, 2.45) is 23.2 Å². The molecular weight excluding hydrogens is 370 g/mol. The number of amides is 2. The van der Waals surface area contributed by atoms with E-state index in [9.17, 15) is 19.7 Å². The number of carbonyl (C=O) groups is 2. The second-order valence-electron chi connectivity index (χ2n) is 9.31. The summed E-state index contributed by atoms with van der Waals surface area (Å²) >= 11 is 0. The Hall–Kier alpha value is -2.44. The average Bonchev–Trinajstić information content (AvgIpc) is 2.65. The molecule has 0 radical (unpaired) electrons. The van der Waals surface area contributed by atoms with Gasteiger partial charge in [0.05, 0.1) is 16.2 Å². The lowest BCUT2D eigenvalue weighted by Gasteiger charge is -2.55. The summed E-state index contributed by atoms with van der Waals surface area (Å²) in [5, 5.41) is 16.8. The van der Waals surface area contributed by atoms with Crippen LogP contribution in [0, 0.1) is 40.2 Å². The second kappa shape index (κ2) is 7.76. The van der Waals surface area contributed by atoms with Gasteiger partial charge < -0.3 is 10.6 Å². The van der Waals surface area contributed by atoms with Crippen molar-refractivity contribution in [3.8, 4) is 0 Å². The van der Waals surface area contributed by atoms with Gasteiger partial charge in [-0.05, 0) is 75.7 Å². The molecule has 1 aromatic carbocycles. The van der Waals surface area contributed by atoms with Crippen LogP contribution in [0.25, 0.3) is 0 Å². The lowest BCUT2D eigenvalue weighted by molar-refractivity contribution is -0.385. The summed E-state index contributed by atoms with van der Waals surface area (Å²) in [6, 6.07) is 4.65. The molecule has 0 saturated heterocycles. The number of rotatable bonds is 7. The van der Waals surface area contributed by atoms with E-state index in [2.05, 4.69) is 10.6 Å². The van der Waals surface area contributed by atoms with Gasteiger partial charge >= 0.3 is 0 Å². The van der Waals surface area contributed by atoms with Gasteiger partial charge in [-0.2, -0.15) is 0 Å². The first-order valence-electron chi connectivity index (χ1n) is 10.7.